The molecule has 0 spiro atoms. The molecular formula is C22H19ClFNO5. The van der Waals surface area contributed by atoms with Gasteiger partial charge >= 0.3 is 5.97 Å². The van der Waals surface area contributed by atoms with Crippen molar-refractivity contribution < 1.29 is 28.6 Å². The zero-order valence-electron chi connectivity index (χ0n) is 16.3. The van der Waals surface area contributed by atoms with Gasteiger partial charge in [0.05, 0.1) is 36.2 Å². The number of carbonyl (C=O) groups is 2. The molecule has 1 heterocycles. The molecule has 6 nitrogen and oxygen atoms in total. The predicted molar refractivity (Wildman–Crippen MR) is 111 cm³/mol. The van der Waals surface area contributed by atoms with E-state index >= 15 is 0 Å². The lowest BCUT2D eigenvalue weighted by Gasteiger charge is -2.08. The van der Waals surface area contributed by atoms with Crippen molar-refractivity contribution >= 4 is 40.0 Å². The number of aliphatic hydroxyl groups excluding tert-OH is 1. The fraction of sp³-hybridized carbons (Fsp3) is 0.182. The summed E-state index contributed by atoms with van der Waals surface area (Å²) >= 11 is 5.88. The van der Waals surface area contributed by atoms with Gasteiger partial charge in [-0.05, 0) is 25.1 Å². The fourth-order valence-corrected chi connectivity index (χ4v) is 3.33. The van der Waals surface area contributed by atoms with Gasteiger partial charge in [-0.25, -0.2) is 9.18 Å². The van der Waals surface area contributed by atoms with E-state index in [9.17, 15) is 19.1 Å². The smallest absolute Gasteiger partial charge is 0.379 e. The molecule has 8 heteroatoms. The van der Waals surface area contributed by atoms with Crippen molar-refractivity contribution in [1.29, 1.82) is 0 Å². The average molecular weight is 432 g/mol. The monoisotopic (exact) mass is 431 g/mol. The van der Waals surface area contributed by atoms with Crippen molar-refractivity contribution in [2.75, 3.05) is 13.7 Å². The molecular weight excluding hydrogens is 413 g/mol. The van der Waals surface area contributed by atoms with Crippen molar-refractivity contribution in [3.8, 4) is 5.75 Å². The molecule has 0 amide bonds. The van der Waals surface area contributed by atoms with E-state index in [-0.39, 0.29) is 23.7 Å². The molecule has 30 heavy (non-hydrogen) atoms. The highest BCUT2D eigenvalue weighted by molar-refractivity contribution is 6.39. The first-order valence-electron chi connectivity index (χ1n) is 9.08. The van der Waals surface area contributed by atoms with E-state index in [4.69, 9.17) is 16.3 Å². The largest absolute Gasteiger partial charge is 0.507 e. The van der Waals surface area contributed by atoms with Crippen LogP contribution in [0.25, 0.3) is 16.7 Å². The minimum absolute atomic E-state index is 0.00421. The van der Waals surface area contributed by atoms with Crippen molar-refractivity contribution in [2.24, 2.45) is 0 Å². The van der Waals surface area contributed by atoms with Crippen molar-refractivity contribution in [3.05, 3.63) is 70.6 Å². The van der Waals surface area contributed by atoms with E-state index in [2.05, 4.69) is 4.74 Å². The van der Waals surface area contributed by atoms with Crippen LogP contribution in [0.2, 0.25) is 5.02 Å². The topological polar surface area (TPSA) is 77.8 Å². The molecule has 0 saturated carbocycles. The second-order valence-electron chi connectivity index (χ2n) is 6.35. The first kappa shape index (κ1) is 21.4. The zero-order chi connectivity index (χ0) is 21.8. The zero-order valence-corrected chi connectivity index (χ0v) is 17.1. The second kappa shape index (κ2) is 9.00. The van der Waals surface area contributed by atoms with Crippen LogP contribution < -0.4 is 4.74 Å². The van der Waals surface area contributed by atoms with Gasteiger partial charge in [-0.3, -0.25) is 4.79 Å². The third-order valence-electron chi connectivity index (χ3n) is 4.48. The van der Waals surface area contributed by atoms with Crippen LogP contribution in [-0.2, 0) is 20.9 Å². The summed E-state index contributed by atoms with van der Waals surface area (Å²) < 4.78 is 26.1. The number of ether oxygens (including phenoxy) is 2. The van der Waals surface area contributed by atoms with Crippen molar-refractivity contribution in [3.63, 3.8) is 0 Å². The van der Waals surface area contributed by atoms with Gasteiger partial charge in [0.1, 0.15) is 17.3 Å². The van der Waals surface area contributed by atoms with E-state index in [1.54, 1.807) is 48.0 Å². The van der Waals surface area contributed by atoms with Crippen molar-refractivity contribution in [2.45, 2.75) is 13.5 Å². The number of methoxy groups -OCH3 is 1. The molecule has 0 unspecified atom stereocenters. The maximum atomic E-state index is 14.4. The Kier molecular flexibility index (Phi) is 6.42. The van der Waals surface area contributed by atoms with Crippen LogP contribution in [0.1, 0.15) is 18.1 Å². The number of hydrogen-bond donors (Lipinski definition) is 1. The number of nitrogens with zero attached hydrogens (tertiary/aromatic N) is 1. The number of hydrogen-bond acceptors (Lipinski definition) is 5. The molecule has 2 aromatic carbocycles. The van der Waals surface area contributed by atoms with Crippen LogP contribution in [0.15, 0.2) is 48.7 Å². The quantitative estimate of drug-likeness (QED) is 0.257. The Bertz CT molecular complexity index is 1150. The fourth-order valence-electron chi connectivity index (χ4n) is 3.13. The second-order valence-corrected chi connectivity index (χ2v) is 6.76. The SMILES string of the molecule is CCOC(=O)C(=O)/C=C(\O)c1cn(Cc2cccc(Cl)c2F)c2cccc(OC)c12. The first-order chi connectivity index (χ1) is 14.4. The molecule has 0 aliphatic heterocycles. The van der Waals surface area contributed by atoms with E-state index in [0.29, 0.717) is 22.2 Å². The lowest BCUT2D eigenvalue weighted by Crippen LogP contribution is -2.15. The van der Waals surface area contributed by atoms with E-state index in [0.717, 1.165) is 6.08 Å². The number of halogens is 2. The van der Waals surface area contributed by atoms with E-state index in [1.807, 2.05) is 0 Å². The van der Waals surface area contributed by atoms with Gasteiger partial charge in [0, 0.05) is 23.4 Å². The molecule has 0 bridgehead atoms. The number of carbonyl (C=O) groups excluding carboxylic acids is 2. The summed E-state index contributed by atoms with van der Waals surface area (Å²) in [5.41, 5.74) is 1.23. The lowest BCUT2D eigenvalue weighted by atomic mass is 10.1. The number of rotatable bonds is 7. The van der Waals surface area contributed by atoms with Crippen LogP contribution in [0.4, 0.5) is 4.39 Å². The third kappa shape index (κ3) is 4.16. The Morgan fingerprint density at radius 3 is 2.67 bits per heavy atom. The van der Waals surface area contributed by atoms with Gasteiger partial charge in [-0.1, -0.05) is 29.8 Å². The predicted octanol–water partition coefficient (Wildman–Crippen LogP) is 4.52. The molecule has 1 N–H and O–H groups in total. The molecule has 1 aromatic heterocycles. The number of aliphatic hydroxyl groups is 1. The molecule has 0 aliphatic carbocycles. The number of aromatic nitrogens is 1. The normalized spacial score (nSPS) is 11.5. The first-order valence-corrected chi connectivity index (χ1v) is 9.46. The van der Waals surface area contributed by atoms with Gasteiger partial charge in [0.25, 0.3) is 5.78 Å². The minimum Gasteiger partial charge on any atom is -0.507 e. The summed E-state index contributed by atoms with van der Waals surface area (Å²) in [5, 5.41) is 11.1. The minimum atomic E-state index is -1.07. The lowest BCUT2D eigenvalue weighted by molar-refractivity contribution is -0.151. The summed E-state index contributed by atoms with van der Waals surface area (Å²) in [4.78, 5) is 23.6. The van der Waals surface area contributed by atoms with Gasteiger partial charge in [0.15, 0.2) is 0 Å². The number of ketones is 1. The molecule has 0 fully saturated rings. The van der Waals surface area contributed by atoms with Crippen LogP contribution in [0.5, 0.6) is 5.75 Å². The molecule has 0 atom stereocenters. The van der Waals surface area contributed by atoms with Crippen molar-refractivity contribution in [1.82, 2.24) is 4.57 Å². The molecule has 0 saturated heterocycles. The molecule has 3 rings (SSSR count). The number of esters is 1. The van der Waals surface area contributed by atoms with Gasteiger partial charge in [0.2, 0.25) is 0 Å². The Hall–Kier alpha value is -3.32. The molecule has 0 radical (unpaired) electrons. The van der Waals surface area contributed by atoms with Crippen LogP contribution in [-0.4, -0.2) is 35.1 Å². The standard InChI is InChI=1S/C22H19ClFNO5/c1-3-30-22(28)18(27)10-17(26)14-12-25(11-13-6-4-7-15(23)21(13)24)16-8-5-9-19(29-2)20(14)16/h4-10,12,26H,3,11H2,1-2H3/b17-10-. The van der Waals surface area contributed by atoms with Gasteiger partial charge in [-0.2, -0.15) is 0 Å². The third-order valence-corrected chi connectivity index (χ3v) is 4.77. The molecule has 3 aromatic rings. The molecule has 156 valence electrons. The van der Waals surface area contributed by atoms with E-state index in [1.165, 1.54) is 13.2 Å². The summed E-state index contributed by atoms with van der Waals surface area (Å²) in [5.74, 6) is -2.60. The maximum absolute atomic E-state index is 14.4. The summed E-state index contributed by atoms with van der Waals surface area (Å²) in [6.45, 7) is 1.73. The Morgan fingerprint density at radius 1 is 1.23 bits per heavy atom. The van der Waals surface area contributed by atoms with Gasteiger partial charge < -0.3 is 19.1 Å². The average Bonchev–Trinajstić information content (AvgIpc) is 3.10. The highest BCUT2D eigenvalue weighted by atomic mass is 35.5. The van der Waals surface area contributed by atoms with Crippen LogP contribution in [0, 0.1) is 5.82 Å². The summed E-state index contributed by atoms with van der Waals surface area (Å²) in [7, 11) is 1.47. The maximum Gasteiger partial charge on any atom is 0.379 e. The number of fused-ring (bicyclic) bond motifs is 1. The Balaban J connectivity index is 2.12. The van der Waals surface area contributed by atoms with Crippen LogP contribution >= 0.6 is 11.6 Å². The molecule has 0 aliphatic rings. The Morgan fingerprint density at radius 2 is 1.97 bits per heavy atom. The van der Waals surface area contributed by atoms with Gasteiger partial charge in [-0.15, -0.1) is 0 Å². The highest BCUT2D eigenvalue weighted by Gasteiger charge is 2.20. The summed E-state index contributed by atoms with van der Waals surface area (Å²) in [6, 6.07) is 9.91. The van der Waals surface area contributed by atoms with E-state index < -0.39 is 23.3 Å². The van der Waals surface area contributed by atoms with Crippen LogP contribution in [0.3, 0.4) is 0 Å². The Labute approximate surface area is 177 Å². The summed E-state index contributed by atoms with van der Waals surface area (Å²) in [6.07, 6.45) is 2.35. The highest BCUT2D eigenvalue weighted by Crippen LogP contribution is 2.34. The number of benzene rings is 2.